The summed E-state index contributed by atoms with van der Waals surface area (Å²) in [6.45, 7) is 0. The Morgan fingerprint density at radius 1 is 0.500 bits per heavy atom. The molecule has 24 heavy (non-hydrogen) atoms. The predicted octanol–water partition coefficient (Wildman–Crippen LogP) is 1.70. The first-order chi connectivity index (χ1) is 11.6. The Balaban J connectivity index is 1.93. The lowest BCUT2D eigenvalue weighted by Crippen LogP contribution is -2.31. The van der Waals surface area contributed by atoms with E-state index in [0.717, 1.165) is 9.80 Å². The maximum absolute atomic E-state index is 12.0. The molecule has 0 unspecified atom stereocenters. The van der Waals surface area contributed by atoms with Gasteiger partial charge in [0, 0.05) is 35.1 Å². The Morgan fingerprint density at radius 2 is 0.833 bits per heavy atom. The molecular weight excluding hydrogens is 308 g/mol. The molecule has 2 aliphatic rings. The van der Waals surface area contributed by atoms with Gasteiger partial charge < -0.3 is 0 Å². The van der Waals surface area contributed by atoms with Crippen LogP contribution in [0.3, 0.4) is 0 Å². The summed E-state index contributed by atoms with van der Waals surface area (Å²) in [7, 11) is 0. The molecule has 6 nitrogen and oxygen atoms in total. The molecule has 0 aromatic heterocycles. The van der Waals surface area contributed by atoms with Crippen molar-refractivity contribution in [1.82, 2.24) is 0 Å². The van der Waals surface area contributed by atoms with Gasteiger partial charge in [-0.05, 0) is 12.1 Å². The van der Waals surface area contributed by atoms with Crippen LogP contribution in [0.2, 0.25) is 0 Å². The van der Waals surface area contributed by atoms with E-state index >= 15 is 0 Å². The third kappa shape index (κ3) is 1.90. The first kappa shape index (κ1) is 14.1. The van der Waals surface area contributed by atoms with E-state index < -0.39 is 23.6 Å². The molecule has 116 valence electrons. The second-order valence-corrected chi connectivity index (χ2v) is 5.34. The highest BCUT2D eigenvalue weighted by molar-refractivity contribution is 6.33. The van der Waals surface area contributed by atoms with Crippen LogP contribution in [0.4, 0.5) is 11.4 Å². The van der Waals surface area contributed by atoms with Crippen molar-refractivity contribution in [1.29, 1.82) is 0 Å². The van der Waals surface area contributed by atoms with Crippen LogP contribution in [0.5, 0.6) is 0 Å². The van der Waals surface area contributed by atoms with Crippen LogP contribution in [-0.2, 0) is 19.2 Å². The number of anilines is 2. The van der Waals surface area contributed by atoms with Crippen molar-refractivity contribution < 1.29 is 19.2 Å². The predicted molar refractivity (Wildman–Crippen MR) is 87.2 cm³/mol. The maximum atomic E-state index is 12.0. The molecule has 2 aliphatic heterocycles. The largest absolute Gasteiger partial charge is 0.269 e. The first-order valence-corrected chi connectivity index (χ1v) is 7.22. The number of carbonyl (C=O) groups is 4. The summed E-state index contributed by atoms with van der Waals surface area (Å²) in [4.78, 5) is 50.0. The van der Waals surface area contributed by atoms with E-state index in [9.17, 15) is 19.2 Å². The van der Waals surface area contributed by atoms with E-state index in [1.165, 1.54) is 24.3 Å². The van der Waals surface area contributed by atoms with Gasteiger partial charge in [-0.3, -0.25) is 19.2 Å². The van der Waals surface area contributed by atoms with Gasteiger partial charge >= 0.3 is 0 Å². The SMILES string of the molecule is O=C1C=CC(=O)N1c1ccc(N2C(=O)C=CC2=O)c2ccccc12. The van der Waals surface area contributed by atoms with Crippen LogP contribution in [0.1, 0.15) is 0 Å². The molecular formula is C18H10N2O4. The topological polar surface area (TPSA) is 74.8 Å². The van der Waals surface area contributed by atoms with Gasteiger partial charge in [0.15, 0.2) is 0 Å². The highest BCUT2D eigenvalue weighted by Crippen LogP contribution is 2.36. The summed E-state index contributed by atoms with van der Waals surface area (Å²) in [5.41, 5.74) is 0.836. The molecule has 0 saturated carbocycles. The second-order valence-electron chi connectivity index (χ2n) is 5.34. The summed E-state index contributed by atoms with van der Waals surface area (Å²) in [6.07, 6.45) is 4.84. The van der Waals surface area contributed by atoms with Gasteiger partial charge in [0.05, 0.1) is 11.4 Å². The molecule has 0 bridgehead atoms. The Bertz CT molecular complexity index is 887. The van der Waals surface area contributed by atoms with Crippen molar-refractivity contribution in [2.75, 3.05) is 9.80 Å². The van der Waals surface area contributed by atoms with Gasteiger partial charge in [-0.25, -0.2) is 9.80 Å². The number of fused-ring (bicyclic) bond motifs is 1. The van der Waals surface area contributed by atoms with Gasteiger partial charge in [-0.2, -0.15) is 0 Å². The molecule has 0 aliphatic carbocycles. The number of nitrogens with zero attached hydrogens (tertiary/aromatic N) is 2. The van der Waals surface area contributed by atoms with Crippen molar-refractivity contribution in [3.8, 4) is 0 Å². The van der Waals surface area contributed by atoms with Gasteiger partial charge in [0.1, 0.15) is 0 Å². The normalized spacial score (nSPS) is 17.0. The molecule has 0 radical (unpaired) electrons. The Morgan fingerprint density at radius 3 is 1.17 bits per heavy atom. The Hall–Kier alpha value is -3.54. The highest BCUT2D eigenvalue weighted by Gasteiger charge is 2.30. The molecule has 4 amide bonds. The van der Waals surface area contributed by atoms with Gasteiger partial charge in [-0.15, -0.1) is 0 Å². The van der Waals surface area contributed by atoms with E-state index in [2.05, 4.69) is 0 Å². The average Bonchev–Trinajstić information content (AvgIpc) is 3.09. The standard InChI is InChI=1S/C18H10N2O4/c21-15-7-8-16(22)19(15)13-5-6-14(12-4-2-1-3-11(12)13)20-17(23)9-10-18(20)24/h1-10H. The molecule has 0 fully saturated rings. The average molecular weight is 318 g/mol. The summed E-state index contributed by atoms with van der Waals surface area (Å²) < 4.78 is 0. The smallest absolute Gasteiger partial charge is 0.258 e. The lowest BCUT2D eigenvalue weighted by Gasteiger charge is -2.21. The maximum Gasteiger partial charge on any atom is 0.258 e. The van der Waals surface area contributed by atoms with Crippen molar-refractivity contribution in [2.24, 2.45) is 0 Å². The number of amides is 4. The van der Waals surface area contributed by atoms with E-state index in [1.807, 2.05) is 0 Å². The van der Waals surface area contributed by atoms with E-state index in [-0.39, 0.29) is 0 Å². The highest BCUT2D eigenvalue weighted by atomic mass is 16.2. The van der Waals surface area contributed by atoms with Crippen molar-refractivity contribution >= 4 is 45.8 Å². The zero-order valence-corrected chi connectivity index (χ0v) is 12.3. The van der Waals surface area contributed by atoms with Crippen LogP contribution in [-0.4, -0.2) is 23.6 Å². The third-order valence-electron chi connectivity index (χ3n) is 3.98. The van der Waals surface area contributed by atoms with E-state index in [1.54, 1.807) is 36.4 Å². The van der Waals surface area contributed by atoms with E-state index in [0.29, 0.717) is 22.1 Å². The molecule has 6 heteroatoms. The number of rotatable bonds is 2. The number of hydrogen-bond donors (Lipinski definition) is 0. The van der Waals surface area contributed by atoms with Crippen LogP contribution >= 0.6 is 0 Å². The molecule has 2 aromatic carbocycles. The Labute approximate surface area is 136 Å². The molecule has 0 saturated heterocycles. The Kier molecular flexibility index (Phi) is 2.93. The summed E-state index contributed by atoms with van der Waals surface area (Å²) in [5, 5.41) is 1.21. The molecule has 4 rings (SSSR count). The number of benzene rings is 2. The second kappa shape index (κ2) is 4.99. The third-order valence-corrected chi connectivity index (χ3v) is 3.98. The minimum absolute atomic E-state index is 0.418. The number of carbonyl (C=O) groups excluding carboxylic acids is 4. The fraction of sp³-hybridized carbons (Fsp3) is 0. The fourth-order valence-electron chi connectivity index (χ4n) is 2.93. The summed E-state index contributed by atoms with van der Waals surface area (Å²) in [5.74, 6) is -1.69. The number of hydrogen-bond acceptors (Lipinski definition) is 4. The minimum Gasteiger partial charge on any atom is -0.269 e. The molecule has 0 spiro atoms. The summed E-state index contributed by atoms with van der Waals surface area (Å²) >= 11 is 0. The van der Waals surface area contributed by atoms with Gasteiger partial charge in [0.2, 0.25) is 0 Å². The lowest BCUT2D eigenvalue weighted by molar-refractivity contribution is -0.121. The molecule has 0 atom stereocenters. The first-order valence-electron chi connectivity index (χ1n) is 7.22. The monoisotopic (exact) mass is 318 g/mol. The van der Waals surface area contributed by atoms with Crippen LogP contribution in [0.25, 0.3) is 10.8 Å². The van der Waals surface area contributed by atoms with E-state index in [4.69, 9.17) is 0 Å². The van der Waals surface area contributed by atoms with Crippen molar-refractivity contribution in [3.63, 3.8) is 0 Å². The van der Waals surface area contributed by atoms with Gasteiger partial charge in [0.25, 0.3) is 23.6 Å². The zero-order valence-electron chi connectivity index (χ0n) is 12.3. The number of imide groups is 2. The lowest BCUT2D eigenvalue weighted by atomic mass is 10.0. The van der Waals surface area contributed by atoms with Crippen molar-refractivity contribution in [2.45, 2.75) is 0 Å². The fourth-order valence-corrected chi connectivity index (χ4v) is 2.93. The van der Waals surface area contributed by atoms with Crippen LogP contribution in [0.15, 0.2) is 60.7 Å². The summed E-state index contributed by atoms with van der Waals surface area (Å²) in [6, 6.07) is 10.1. The van der Waals surface area contributed by atoms with Gasteiger partial charge in [-0.1, -0.05) is 24.3 Å². The molecule has 2 aromatic rings. The van der Waals surface area contributed by atoms with Crippen LogP contribution < -0.4 is 9.80 Å². The van der Waals surface area contributed by atoms with Crippen LogP contribution in [0, 0.1) is 0 Å². The zero-order chi connectivity index (χ0) is 16.8. The minimum atomic E-state index is -0.423. The molecule has 2 heterocycles. The quantitative estimate of drug-likeness (QED) is 0.790. The van der Waals surface area contributed by atoms with Crippen molar-refractivity contribution in [3.05, 3.63) is 60.7 Å². The molecule has 0 N–H and O–H groups in total.